The normalized spacial score (nSPS) is 17.1. The first-order valence-electron chi connectivity index (χ1n) is 9.27. The number of fused-ring (bicyclic) bond motifs is 1. The molecule has 4 rings (SSSR count). The van der Waals surface area contributed by atoms with Crippen LogP contribution in [0.1, 0.15) is 30.5 Å². The van der Waals surface area contributed by atoms with Gasteiger partial charge in [0, 0.05) is 36.8 Å². The maximum atomic E-state index is 12.3. The Morgan fingerprint density at radius 1 is 1.41 bits per heavy atom. The van der Waals surface area contributed by atoms with Crippen LogP contribution in [0.4, 0.5) is 0 Å². The molecule has 0 radical (unpaired) electrons. The SMILES string of the molecule is COc1cccc(CNCC[C@H]2CCC(=O)N2Cc2cn3ccsc3n2)c1. The summed E-state index contributed by atoms with van der Waals surface area (Å²) in [5.74, 6) is 1.12. The average molecular weight is 385 g/mol. The van der Waals surface area contributed by atoms with Gasteiger partial charge in [-0.2, -0.15) is 0 Å². The van der Waals surface area contributed by atoms with E-state index in [9.17, 15) is 4.79 Å². The number of methoxy groups -OCH3 is 1. The van der Waals surface area contributed by atoms with Crippen molar-refractivity contribution in [1.29, 1.82) is 0 Å². The fourth-order valence-corrected chi connectivity index (χ4v) is 4.34. The van der Waals surface area contributed by atoms with Gasteiger partial charge in [0.2, 0.25) is 5.91 Å². The van der Waals surface area contributed by atoms with Gasteiger partial charge in [-0.3, -0.25) is 9.20 Å². The Morgan fingerprint density at radius 2 is 2.33 bits per heavy atom. The monoisotopic (exact) mass is 384 g/mol. The van der Waals surface area contributed by atoms with Crippen LogP contribution in [0.5, 0.6) is 5.75 Å². The van der Waals surface area contributed by atoms with E-state index in [-0.39, 0.29) is 11.9 Å². The zero-order chi connectivity index (χ0) is 18.6. The number of imidazole rings is 1. The van der Waals surface area contributed by atoms with E-state index in [1.54, 1.807) is 18.4 Å². The number of ether oxygens (including phenoxy) is 1. The third-order valence-electron chi connectivity index (χ3n) is 5.05. The van der Waals surface area contributed by atoms with Crippen molar-refractivity contribution in [2.45, 2.75) is 38.4 Å². The largest absolute Gasteiger partial charge is 0.497 e. The number of benzene rings is 1. The molecule has 1 aliphatic heterocycles. The molecule has 0 unspecified atom stereocenters. The number of nitrogens with zero attached hydrogens (tertiary/aromatic N) is 3. The fraction of sp³-hybridized carbons (Fsp3) is 0.400. The van der Waals surface area contributed by atoms with Crippen LogP contribution < -0.4 is 10.1 Å². The van der Waals surface area contributed by atoms with Gasteiger partial charge in [0.15, 0.2) is 4.96 Å². The Bertz CT molecular complexity index is 891. The fourth-order valence-electron chi connectivity index (χ4n) is 3.62. The number of likely N-dealkylation sites (tertiary alicyclic amines) is 1. The predicted molar refractivity (Wildman–Crippen MR) is 106 cm³/mol. The number of aromatic nitrogens is 2. The molecule has 7 heteroatoms. The van der Waals surface area contributed by atoms with Crippen molar-refractivity contribution in [3.05, 3.63) is 53.3 Å². The predicted octanol–water partition coefficient (Wildman–Crippen LogP) is 3.08. The molecule has 142 valence electrons. The number of nitrogens with one attached hydrogen (secondary N) is 1. The van der Waals surface area contributed by atoms with Crippen LogP contribution in [-0.2, 0) is 17.9 Å². The minimum absolute atomic E-state index is 0.240. The molecule has 2 aromatic heterocycles. The van der Waals surface area contributed by atoms with Gasteiger partial charge in [0.05, 0.1) is 19.3 Å². The first kappa shape index (κ1) is 18.0. The molecule has 1 aliphatic rings. The smallest absolute Gasteiger partial charge is 0.223 e. The number of carbonyl (C=O) groups is 1. The van der Waals surface area contributed by atoms with Crippen LogP contribution in [0.3, 0.4) is 0 Å². The molecule has 1 atom stereocenters. The number of amides is 1. The number of carbonyl (C=O) groups excluding carboxylic acids is 1. The van der Waals surface area contributed by atoms with Crippen LogP contribution in [0, 0.1) is 0 Å². The lowest BCUT2D eigenvalue weighted by Gasteiger charge is -2.24. The van der Waals surface area contributed by atoms with Crippen molar-refractivity contribution in [3.63, 3.8) is 0 Å². The van der Waals surface area contributed by atoms with E-state index < -0.39 is 0 Å². The standard InChI is InChI=1S/C20H24N4O2S/c1-26-18-4-2-3-15(11-18)12-21-8-7-17-5-6-19(25)24(17)14-16-13-23-9-10-27-20(23)22-16/h2-4,9-11,13,17,21H,5-8,12,14H2,1H3/t17-/m1/s1. The van der Waals surface area contributed by atoms with Gasteiger partial charge in [-0.15, -0.1) is 11.3 Å². The molecule has 0 spiro atoms. The lowest BCUT2D eigenvalue weighted by molar-refractivity contribution is -0.129. The zero-order valence-corrected chi connectivity index (χ0v) is 16.2. The summed E-state index contributed by atoms with van der Waals surface area (Å²) in [6.07, 6.45) is 6.56. The summed E-state index contributed by atoms with van der Waals surface area (Å²) in [4.78, 5) is 19.9. The van der Waals surface area contributed by atoms with Crippen LogP contribution in [0.25, 0.3) is 4.96 Å². The van der Waals surface area contributed by atoms with Gasteiger partial charge in [-0.1, -0.05) is 12.1 Å². The molecular weight excluding hydrogens is 360 g/mol. The van der Waals surface area contributed by atoms with Gasteiger partial charge in [-0.25, -0.2) is 4.98 Å². The van der Waals surface area contributed by atoms with Crippen LogP contribution >= 0.6 is 11.3 Å². The van der Waals surface area contributed by atoms with Gasteiger partial charge < -0.3 is 15.0 Å². The molecule has 3 heterocycles. The Labute approximate surface area is 162 Å². The molecule has 27 heavy (non-hydrogen) atoms. The maximum absolute atomic E-state index is 12.3. The van der Waals surface area contributed by atoms with Gasteiger partial charge in [0.1, 0.15) is 5.75 Å². The van der Waals surface area contributed by atoms with E-state index >= 15 is 0 Å². The molecule has 6 nitrogen and oxygen atoms in total. The topological polar surface area (TPSA) is 58.9 Å². The van der Waals surface area contributed by atoms with Gasteiger partial charge in [-0.05, 0) is 37.1 Å². The van der Waals surface area contributed by atoms with Crippen molar-refractivity contribution >= 4 is 22.2 Å². The molecule has 0 bridgehead atoms. The zero-order valence-electron chi connectivity index (χ0n) is 15.4. The molecule has 1 N–H and O–H groups in total. The summed E-state index contributed by atoms with van der Waals surface area (Å²) >= 11 is 1.61. The van der Waals surface area contributed by atoms with Gasteiger partial charge >= 0.3 is 0 Å². The van der Waals surface area contributed by atoms with E-state index in [4.69, 9.17) is 4.74 Å². The first-order chi connectivity index (χ1) is 13.2. The summed E-state index contributed by atoms with van der Waals surface area (Å²) < 4.78 is 7.28. The summed E-state index contributed by atoms with van der Waals surface area (Å²) in [5, 5.41) is 5.50. The second-order valence-electron chi connectivity index (χ2n) is 6.86. The Kier molecular flexibility index (Phi) is 5.40. The lowest BCUT2D eigenvalue weighted by Crippen LogP contribution is -2.34. The Balaban J connectivity index is 1.29. The van der Waals surface area contributed by atoms with Crippen LogP contribution in [0.15, 0.2) is 42.0 Å². The second-order valence-corrected chi connectivity index (χ2v) is 7.73. The summed E-state index contributed by atoms with van der Waals surface area (Å²) in [7, 11) is 1.68. The van der Waals surface area contributed by atoms with Crippen molar-refractivity contribution < 1.29 is 9.53 Å². The number of hydrogen-bond donors (Lipinski definition) is 1. The maximum Gasteiger partial charge on any atom is 0.223 e. The highest BCUT2D eigenvalue weighted by Gasteiger charge is 2.30. The third-order valence-corrected chi connectivity index (χ3v) is 5.82. The average Bonchev–Trinajstić information content (AvgIpc) is 3.36. The minimum Gasteiger partial charge on any atom is -0.497 e. The molecular formula is C20H24N4O2S. The van der Waals surface area contributed by atoms with E-state index in [0.29, 0.717) is 13.0 Å². The highest BCUT2D eigenvalue weighted by molar-refractivity contribution is 7.15. The number of thiazole rings is 1. The van der Waals surface area contributed by atoms with Crippen molar-refractivity contribution in [2.24, 2.45) is 0 Å². The van der Waals surface area contributed by atoms with E-state index in [0.717, 1.165) is 42.3 Å². The third kappa shape index (κ3) is 4.14. The second kappa shape index (κ2) is 8.10. The summed E-state index contributed by atoms with van der Waals surface area (Å²) in [6, 6.07) is 8.37. The number of hydrogen-bond acceptors (Lipinski definition) is 5. The molecule has 0 saturated carbocycles. The first-order valence-corrected chi connectivity index (χ1v) is 10.1. The van der Waals surface area contributed by atoms with E-state index in [1.165, 1.54) is 5.56 Å². The molecule has 1 saturated heterocycles. The lowest BCUT2D eigenvalue weighted by atomic mass is 10.1. The minimum atomic E-state index is 0.240. The molecule has 1 aromatic carbocycles. The van der Waals surface area contributed by atoms with E-state index in [1.807, 2.05) is 45.3 Å². The number of rotatable bonds is 8. The molecule has 3 aromatic rings. The van der Waals surface area contributed by atoms with Crippen LogP contribution in [-0.4, -0.2) is 39.9 Å². The Morgan fingerprint density at radius 3 is 3.19 bits per heavy atom. The van der Waals surface area contributed by atoms with Crippen LogP contribution in [0.2, 0.25) is 0 Å². The highest BCUT2D eigenvalue weighted by Crippen LogP contribution is 2.24. The summed E-state index contributed by atoms with van der Waals surface area (Å²) in [6.45, 7) is 2.28. The Hall–Kier alpha value is -2.38. The van der Waals surface area contributed by atoms with Gasteiger partial charge in [0.25, 0.3) is 0 Å². The van der Waals surface area contributed by atoms with Crippen molar-refractivity contribution in [2.75, 3.05) is 13.7 Å². The van der Waals surface area contributed by atoms with E-state index in [2.05, 4.69) is 16.4 Å². The molecule has 1 amide bonds. The molecule has 1 fully saturated rings. The highest BCUT2D eigenvalue weighted by atomic mass is 32.1. The quantitative estimate of drug-likeness (QED) is 0.607. The molecule has 0 aliphatic carbocycles. The van der Waals surface area contributed by atoms with Crippen molar-refractivity contribution in [3.8, 4) is 5.75 Å². The van der Waals surface area contributed by atoms with Crippen molar-refractivity contribution in [1.82, 2.24) is 19.6 Å². The summed E-state index contributed by atoms with van der Waals surface area (Å²) in [5.41, 5.74) is 2.17.